The first kappa shape index (κ1) is 18.8. The molecular weight excluding hydrogens is 328 g/mol. The fraction of sp³-hybridized carbons (Fsp3) is 0.722. The molecule has 3 nitrogen and oxygen atoms in total. The predicted octanol–water partition coefficient (Wildman–Crippen LogP) is 3.90. The van der Waals surface area contributed by atoms with Gasteiger partial charge in [0.05, 0.1) is 4.88 Å². The van der Waals surface area contributed by atoms with Crippen LogP contribution in [-0.4, -0.2) is 37.0 Å². The number of carbonyl (C=O) groups excluding carboxylic acids is 1. The van der Waals surface area contributed by atoms with Crippen molar-refractivity contribution >= 4 is 29.7 Å². The van der Waals surface area contributed by atoms with Crippen LogP contribution in [0.5, 0.6) is 0 Å². The van der Waals surface area contributed by atoms with Crippen LogP contribution in [0.1, 0.15) is 59.6 Å². The molecule has 5 heteroatoms. The number of nitrogens with zero attached hydrogens (tertiary/aromatic N) is 1. The lowest BCUT2D eigenvalue weighted by molar-refractivity contribution is 0.0612. The van der Waals surface area contributed by atoms with Gasteiger partial charge in [-0.25, -0.2) is 0 Å². The number of hydrogen-bond donors (Lipinski definition) is 1. The van der Waals surface area contributed by atoms with Gasteiger partial charge in [0, 0.05) is 24.5 Å². The quantitative estimate of drug-likeness (QED) is 0.887. The van der Waals surface area contributed by atoms with Crippen LogP contribution in [0.25, 0.3) is 0 Å². The lowest BCUT2D eigenvalue weighted by Gasteiger charge is -2.38. The van der Waals surface area contributed by atoms with Gasteiger partial charge in [0.1, 0.15) is 0 Å². The summed E-state index contributed by atoms with van der Waals surface area (Å²) in [5.74, 6) is 0.267. The van der Waals surface area contributed by atoms with Crippen molar-refractivity contribution in [3.8, 4) is 0 Å². The van der Waals surface area contributed by atoms with E-state index >= 15 is 0 Å². The summed E-state index contributed by atoms with van der Waals surface area (Å²) in [6.07, 6.45) is 6.91. The monoisotopic (exact) mass is 356 g/mol. The highest BCUT2D eigenvalue weighted by atomic mass is 35.5. The molecular formula is C18H29ClN2OS. The highest BCUT2D eigenvalue weighted by Gasteiger charge is 2.38. The van der Waals surface area contributed by atoms with Gasteiger partial charge in [0.25, 0.3) is 5.91 Å². The number of likely N-dealkylation sites (tertiary alicyclic amines) is 1. The minimum Gasteiger partial charge on any atom is -0.338 e. The number of piperidine rings is 1. The zero-order valence-electron chi connectivity index (χ0n) is 14.3. The van der Waals surface area contributed by atoms with E-state index in [9.17, 15) is 4.79 Å². The topological polar surface area (TPSA) is 32.3 Å². The van der Waals surface area contributed by atoms with Gasteiger partial charge < -0.3 is 10.2 Å². The van der Waals surface area contributed by atoms with Crippen LogP contribution in [0, 0.1) is 5.41 Å². The molecule has 0 unspecified atom stereocenters. The molecule has 0 aromatic carbocycles. The third-order valence-corrected chi connectivity index (χ3v) is 6.63. The molecule has 0 atom stereocenters. The zero-order valence-corrected chi connectivity index (χ0v) is 16.0. The Kier molecular flexibility index (Phi) is 6.52. The van der Waals surface area contributed by atoms with E-state index in [0.717, 1.165) is 50.3 Å². The fourth-order valence-electron chi connectivity index (χ4n) is 3.87. The third kappa shape index (κ3) is 3.92. The summed E-state index contributed by atoms with van der Waals surface area (Å²) in [5, 5.41) is 3.49. The van der Waals surface area contributed by atoms with Gasteiger partial charge in [-0.15, -0.1) is 23.7 Å². The number of aryl methyl sites for hydroxylation is 2. The van der Waals surface area contributed by atoms with E-state index in [1.165, 1.54) is 29.7 Å². The van der Waals surface area contributed by atoms with Crippen LogP contribution in [0.2, 0.25) is 0 Å². The molecule has 0 radical (unpaired) electrons. The lowest BCUT2D eigenvalue weighted by atomic mass is 9.78. The predicted molar refractivity (Wildman–Crippen MR) is 100.0 cm³/mol. The summed E-state index contributed by atoms with van der Waals surface area (Å²) < 4.78 is 0. The standard InChI is InChI=1S/C18H28N2OS.ClH/c1-3-5-15-14(4-2)12-16(22-15)17(21)20-10-7-18(8-11-20)6-9-19-13-18;/h12,19H,3-11,13H2,1-2H3;1H. The number of halogens is 1. The van der Waals surface area contributed by atoms with Gasteiger partial charge in [-0.1, -0.05) is 20.3 Å². The normalized spacial score (nSPS) is 19.8. The van der Waals surface area contributed by atoms with Crippen LogP contribution in [0.3, 0.4) is 0 Å². The smallest absolute Gasteiger partial charge is 0.263 e. The lowest BCUT2D eigenvalue weighted by Crippen LogP contribution is -2.43. The molecule has 1 N–H and O–H groups in total. The Morgan fingerprint density at radius 3 is 2.61 bits per heavy atom. The maximum atomic E-state index is 12.8. The summed E-state index contributed by atoms with van der Waals surface area (Å²) in [6.45, 7) is 8.56. The Morgan fingerprint density at radius 2 is 2.04 bits per heavy atom. The van der Waals surface area contributed by atoms with Crippen molar-refractivity contribution < 1.29 is 4.79 Å². The van der Waals surface area contributed by atoms with Gasteiger partial charge in [-0.2, -0.15) is 0 Å². The Bertz CT molecular complexity index is 527. The molecule has 2 saturated heterocycles. The third-order valence-electron chi connectivity index (χ3n) is 5.41. The Morgan fingerprint density at radius 1 is 1.30 bits per heavy atom. The van der Waals surface area contributed by atoms with Gasteiger partial charge in [0.2, 0.25) is 0 Å². The first-order valence-corrected chi connectivity index (χ1v) is 9.60. The summed E-state index contributed by atoms with van der Waals surface area (Å²) in [5.41, 5.74) is 1.86. The highest BCUT2D eigenvalue weighted by Crippen LogP contribution is 2.37. The summed E-state index contributed by atoms with van der Waals surface area (Å²) in [4.78, 5) is 17.3. The Labute approximate surface area is 150 Å². The molecule has 1 amide bonds. The fourth-order valence-corrected chi connectivity index (χ4v) is 5.20. The van der Waals surface area contributed by atoms with Crippen molar-refractivity contribution in [1.82, 2.24) is 10.2 Å². The van der Waals surface area contributed by atoms with E-state index in [1.54, 1.807) is 11.3 Å². The second-order valence-electron chi connectivity index (χ2n) is 6.88. The summed E-state index contributed by atoms with van der Waals surface area (Å²) in [6, 6.07) is 2.15. The molecule has 0 saturated carbocycles. The van der Waals surface area contributed by atoms with Gasteiger partial charge in [-0.05, 0) is 55.7 Å². The molecule has 2 fully saturated rings. The molecule has 1 spiro atoms. The minimum absolute atomic E-state index is 0. The van der Waals surface area contributed by atoms with Crippen LogP contribution in [0.15, 0.2) is 6.07 Å². The van der Waals surface area contributed by atoms with Gasteiger partial charge in [0.15, 0.2) is 0 Å². The number of thiophene rings is 1. The van der Waals surface area contributed by atoms with Crippen molar-refractivity contribution in [2.75, 3.05) is 26.2 Å². The molecule has 0 bridgehead atoms. The van der Waals surface area contributed by atoms with E-state index in [-0.39, 0.29) is 18.3 Å². The SMILES string of the molecule is CCCc1sc(C(=O)N2CCC3(CCNC3)CC2)cc1CC.Cl. The molecule has 1 aromatic rings. The summed E-state index contributed by atoms with van der Waals surface area (Å²) in [7, 11) is 0. The first-order chi connectivity index (χ1) is 10.7. The maximum Gasteiger partial charge on any atom is 0.263 e. The van der Waals surface area contributed by atoms with Crippen LogP contribution >= 0.6 is 23.7 Å². The van der Waals surface area contributed by atoms with Crippen molar-refractivity contribution in [3.05, 3.63) is 21.4 Å². The van der Waals surface area contributed by atoms with E-state index in [4.69, 9.17) is 0 Å². The van der Waals surface area contributed by atoms with E-state index < -0.39 is 0 Å². The number of amides is 1. The van der Waals surface area contributed by atoms with E-state index in [0.29, 0.717) is 5.41 Å². The van der Waals surface area contributed by atoms with Gasteiger partial charge >= 0.3 is 0 Å². The minimum atomic E-state index is 0. The molecule has 2 aliphatic heterocycles. The van der Waals surface area contributed by atoms with Crippen molar-refractivity contribution in [3.63, 3.8) is 0 Å². The number of hydrogen-bond acceptors (Lipinski definition) is 3. The molecule has 0 aliphatic carbocycles. The molecule has 130 valence electrons. The first-order valence-electron chi connectivity index (χ1n) is 8.79. The van der Waals surface area contributed by atoms with E-state index in [2.05, 4.69) is 30.1 Å². The molecule has 3 heterocycles. The van der Waals surface area contributed by atoms with Crippen molar-refractivity contribution in [1.29, 1.82) is 0 Å². The maximum absolute atomic E-state index is 12.8. The summed E-state index contributed by atoms with van der Waals surface area (Å²) >= 11 is 1.73. The Hall–Kier alpha value is -0.580. The van der Waals surface area contributed by atoms with Crippen molar-refractivity contribution in [2.45, 2.75) is 52.4 Å². The average molecular weight is 357 g/mol. The zero-order chi connectivity index (χ0) is 15.6. The van der Waals surface area contributed by atoms with Crippen molar-refractivity contribution in [2.24, 2.45) is 5.41 Å². The van der Waals surface area contributed by atoms with Crippen LogP contribution in [-0.2, 0) is 12.8 Å². The molecule has 1 aromatic heterocycles. The second-order valence-corrected chi connectivity index (χ2v) is 8.02. The van der Waals surface area contributed by atoms with Gasteiger partial charge in [-0.3, -0.25) is 4.79 Å². The largest absolute Gasteiger partial charge is 0.338 e. The number of rotatable bonds is 4. The van der Waals surface area contributed by atoms with E-state index in [1.807, 2.05) is 0 Å². The van der Waals surface area contributed by atoms with Crippen LogP contribution in [0.4, 0.5) is 0 Å². The number of nitrogens with one attached hydrogen (secondary N) is 1. The molecule has 2 aliphatic rings. The second kappa shape index (κ2) is 8.00. The molecule has 23 heavy (non-hydrogen) atoms. The number of carbonyl (C=O) groups is 1. The average Bonchev–Trinajstić information content (AvgIpc) is 3.15. The van der Waals surface area contributed by atoms with Crippen LogP contribution < -0.4 is 5.32 Å². The Balaban J connectivity index is 0.00000192. The highest BCUT2D eigenvalue weighted by molar-refractivity contribution is 7.14. The molecule has 3 rings (SSSR count).